The summed E-state index contributed by atoms with van der Waals surface area (Å²) in [6, 6.07) is 27.3. The van der Waals surface area contributed by atoms with E-state index in [9.17, 15) is 14.4 Å². The molecule has 1 aliphatic rings. The average Bonchev–Trinajstić information content (AvgIpc) is 3.06. The van der Waals surface area contributed by atoms with E-state index >= 15 is 0 Å². The van der Waals surface area contributed by atoms with Crippen molar-refractivity contribution >= 4 is 23.5 Å². The molecule has 1 fully saturated rings. The molecule has 4 amide bonds. The summed E-state index contributed by atoms with van der Waals surface area (Å²) in [5.74, 6) is -0.740. The first-order valence-electron chi connectivity index (χ1n) is 11.0. The van der Waals surface area contributed by atoms with Gasteiger partial charge in [0.25, 0.3) is 5.91 Å². The first-order valence-corrected chi connectivity index (χ1v) is 11.0. The van der Waals surface area contributed by atoms with Crippen LogP contribution in [0.1, 0.15) is 25.0 Å². The molecule has 1 N–H and O–H groups in total. The van der Waals surface area contributed by atoms with E-state index in [2.05, 4.69) is 5.32 Å². The number of rotatable bonds is 7. The number of nitrogens with zero attached hydrogens (tertiary/aromatic N) is 2. The Labute approximate surface area is 193 Å². The minimum absolute atomic E-state index is 0.135. The lowest BCUT2D eigenvalue weighted by Gasteiger charge is -2.29. The van der Waals surface area contributed by atoms with Crippen molar-refractivity contribution < 1.29 is 14.4 Å². The van der Waals surface area contributed by atoms with Crippen molar-refractivity contribution in [3.63, 3.8) is 0 Å². The number of carbonyl (C=O) groups is 3. The van der Waals surface area contributed by atoms with Gasteiger partial charge >= 0.3 is 6.03 Å². The van der Waals surface area contributed by atoms with Gasteiger partial charge in [0.1, 0.15) is 6.54 Å². The summed E-state index contributed by atoms with van der Waals surface area (Å²) in [5.41, 5.74) is 1.06. The zero-order chi connectivity index (χ0) is 23.4. The van der Waals surface area contributed by atoms with Crippen LogP contribution in [0.3, 0.4) is 0 Å². The Morgan fingerprint density at radius 2 is 1.42 bits per heavy atom. The van der Waals surface area contributed by atoms with E-state index in [-0.39, 0.29) is 18.5 Å². The van der Waals surface area contributed by atoms with E-state index in [1.165, 1.54) is 0 Å². The molecule has 1 saturated heterocycles. The second kappa shape index (κ2) is 9.28. The normalized spacial score (nSPS) is 17.8. The number of anilines is 1. The molecule has 33 heavy (non-hydrogen) atoms. The van der Waals surface area contributed by atoms with E-state index in [4.69, 9.17) is 0 Å². The van der Waals surface area contributed by atoms with E-state index < -0.39 is 17.5 Å². The Morgan fingerprint density at radius 1 is 0.879 bits per heavy atom. The summed E-state index contributed by atoms with van der Waals surface area (Å²) < 4.78 is 0. The van der Waals surface area contributed by atoms with Gasteiger partial charge in [-0.15, -0.1) is 0 Å². The van der Waals surface area contributed by atoms with Crippen molar-refractivity contribution in [1.82, 2.24) is 10.2 Å². The number of amides is 4. The Bertz CT molecular complexity index is 1130. The molecule has 3 aromatic rings. The maximum Gasteiger partial charge on any atom is 0.325 e. The molecule has 0 saturated carbocycles. The molecule has 6 heteroatoms. The Kier molecular flexibility index (Phi) is 6.27. The Balaban J connectivity index is 1.66. The largest absolute Gasteiger partial charge is 0.325 e. The smallest absolute Gasteiger partial charge is 0.319 e. The lowest BCUT2D eigenvalue weighted by Crippen LogP contribution is -2.48. The molecule has 4 rings (SSSR count). The van der Waals surface area contributed by atoms with E-state index in [0.717, 1.165) is 16.2 Å². The van der Waals surface area contributed by atoms with Gasteiger partial charge in [0.2, 0.25) is 5.91 Å². The molecule has 168 valence electrons. The number of imide groups is 1. The molecule has 0 bridgehead atoms. The quantitative estimate of drug-likeness (QED) is 0.561. The standard InChI is InChI=1S/C27H27N3O3/c1-20(2)30(23-16-10-5-11-17-23)24(31)19-29-25(32)27(28-26(29)33,22-14-8-4-9-15-22)18-21-12-6-3-7-13-21/h3-17,20H,18-19H2,1-2H3,(H,28,33). The number of benzene rings is 3. The number of para-hydroxylation sites is 1. The van der Waals surface area contributed by atoms with Crippen LogP contribution in [0.15, 0.2) is 91.0 Å². The van der Waals surface area contributed by atoms with Gasteiger partial charge in [-0.25, -0.2) is 4.79 Å². The van der Waals surface area contributed by atoms with Crippen LogP contribution in [-0.4, -0.2) is 35.3 Å². The van der Waals surface area contributed by atoms with Crippen molar-refractivity contribution in [2.24, 2.45) is 0 Å². The second-order valence-corrected chi connectivity index (χ2v) is 8.45. The lowest BCUT2D eigenvalue weighted by molar-refractivity contribution is -0.134. The van der Waals surface area contributed by atoms with E-state index in [0.29, 0.717) is 12.0 Å². The van der Waals surface area contributed by atoms with Crippen LogP contribution < -0.4 is 10.2 Å². The first-order chi connectivity index (χ1) is 15.9. The Morgan fingerprint density at radius 3 is 2.00 bits per heavy atom. The molecule has 0 aliphatic carbocycles. The molecule has 1 aliphatic heterocycles. The highest BCUT2D eigenvalue weighted by molar-refractivity contribution is 6.11. The lowest BCUT2D eigenvalue weighted by atomic mass is 9.83. The molecule has 6 nitrogen and oxygen atoms in total. The maximum absolute atomic E-state index is 13.8. The fraction of sp³-hybridized carbons (Fsp3) is 0.222. The summed E-state index contributed by atoms with van der Waals surface area (Å²) in [7, 11) is 0. The SMILES string of the molecule is CC(C)N(C(=O)CN1C(=O)NC(Cc2ccccc2)(c2ccccc2)C1=O)c1ccccc1. The molecule has 0 spiro atoms. The van der Waals surface area contributed by atoms with Gasteiger partial charge in [-0.05, 0) is 37.1 Å². The zero-order valence-corrected chi connectivity index (χ0v) is 18.8. The highest BCUT2D eigenvalue weighted by Crippen LogP contribution is 2.33. The number of hydrogen-bond donors (Lipinski definition) is 1. The summed E-state index contributed by atoms with van der Waals surface area (Å²) in [5, 5.41) is 2.91. The summed E-state index contributed by atoms with van der Waals surface area (Å²) >= 11 is 0. The highest BCUT2D eigenvalue weighted by Gasteiger charge is 2.53. The minimum Gasteiger partial charge on any atom is -0.319 e. The van der Waals surface area contributed by atoms with Crippen LogP contribution in [0.4, 0.5) is 10.5 Å². The third-order valence-corrected chi connectivity index (χ3v) is 5.87. The van der Waals surface area contributed by atoms with Crippen molar-refractivity contribution in [2.75, 3.05) is 11.4 Å². The Hall–Kier alpha value is -3.93. The van der Waals surface area contributed by atoms with Crippen molar-refractivity contribution in [3.8, 4) is 0 Å². The fourth-order valence-corrected chi connectivity index (χ4v) is 4.34. The molecule has 1 heterocycles. The third kappa shape index (κ3) is 4.37. The molecule has 3 aromatic carbocycles. The molecular formula is C27H27N3O3. The zero-order valence-electron chi connectivity index (χ0n) is 18.8. The molecule has 0 aromatic heterocycles. The van der Waals surface area contributed by atoms with Crippen LogP contribution in [0.2, 0.25) is 0 Å². The second-order valence-electron chi connectivity index (χ2n) is 8.45. The van der Waals surface area contributed by atoms with Crippen LogP contribution in [0.25, 0.3) is 0 Å². The van der Waals surface area contributed by atoms with Crippen LogP contribution in [0.5, 0.6) is 0 Å². The molecular weight excluding hydrogens is 414 g/mol. The highest BCUT2D eigenvalue weighted by atomic mass is 16.2. The van der Waals surface area contributed by atoms with Crippen LogP contribution in [0, 0.1) is 0 Å². The summed E-state index contributed by atoms with van der Waals surface area (Å²) in [6.45, 7) is 3.47. The third-order valence-electron chi connectivity index (χ3n) is 5.87. The van der Waals surface area contributed by atoms with Crippen LogP contribution in [-0.2, 0) is 21.5 Å². The number of hydrogen-bond acceptors (Lipinski definition) is 3. The summed E-state index contributed by atoms with van der Waals surface area (Å²) in [6.07, 6.45) is 0.291. The van der Waals surface area contributed by atoms with Gasteiger partial charge in [0, 0.05) is 18.2 Å². The van der Waals surface area contributed by atoms with E-state index in [1.807, 2.05) is 105 Å². The average molecular weight is 442 g/mol. The van der Waals surface area contributed by atoms with Gasteiger partial charge < -0.3 is 10.2 Å². The monoisotopic (exact) mass is 441 g/mol. The summed E-state index contributed by atoms with van der Waals surface area (Å²) in [4.78, 5) is 42.8. The van der Waals surface area contributed by atoms with Gasteiger partial charge in [0.15, 0.2) is 5.54 Å². The molecule has 0 radical (unpaired) electrons. The maximum atomic E-state index is 13.8. The number of nitrogens with one attached hydrogen (secondary N) is 1. The van der Waals surface area contributed by atoms with Gasteiger partial charge in [-0.2, -0.15) is 0 Å². The van der Waals surface area contributed by atoms with Crippen molar-refractivity contribution in [3.05, 3.63) is 102 Å². The topological polar surface area (TPSA) is 69.7 Å². The van der Waals surface area contributed by atoms with Gasteiger partial charge in [0.05, 0.1) is 0 Å². The van der Waals surface area contributed by atoms with Crippen LogP contribution >= 0.6 is 0 Å². The van der Waals surface area contributed by atoms with Gasteiger partial charge in [-0.3, -0.25) is 14.5 Å². The number of carbonyl (C=O) groups excluding carboxylic acids is 3. The van der Waals surface area contributed by atoms with Crippen molar-refractivity contribution in [1.29, 1.82) is 0 Å². The van der Waals surface area contributed by atoms with E-state index in [1.54, 1.807) is 4.90 Å². The predicted molar refractivity (Wildman–Crippen MR) is 128 cm³/mol. The predicted octanol–water partition coefficient (Wildman–Crippen LogP) is 4.12. The minimum atomic E-state index is -1.27. The number of urea groups is 1. The molecule has 1 atom stereocenters. The van der Waals surface area contributed by atoms with Crippen molar-refractivity contribution in [2.45, 2.75) is 31.8 Å². The first kappa shape index (κ1) is 22.3. The molecule has 1 unspecified atom stereocenters. The van der Waals surface area contributed by atoms with Gasteiger partial charge in [-0.1, -0.05) is 78.9 Å². The fourth-order valence-electron chi connectivity index (χ4n) is 4.34.